The Morgan fingerprint density at radius 1 is 1.12 bits per heavy atom. The third-order valence-electron chi connectivity index (χ3n) is 5.78. The monoisotopic (exact) mass is 493 g/mol. The first-order valence-corrected chi connectivity index (χ1v) is 12.9. The zero-order valence-electron chi connectivity index (χ0n) is 18.3. The lowest BCUT2D eigenvalue weighted by Gasteiger charge is -2.26. The van der Waals surface area contributed by atoms with Gasteiger partial charge in [-0.15, -0.1) is 0 Å². The molecule has 1 saturated heterocycles. The van der Waals surface area contributed by atoms with E-state index in [1.165, 1.54) is 12.1 Å². The maximum atomic E-state index is 12.7. The molecule has 0 radical (unpaired) electrons. The van der Waals surface area contributed by atoms with Crippen molar-refractivity contribution >= 4 is 33.2 Å². The van der Waals surface area contributed by atoms with Crippen molar-refractivity contribution in [3.8, 4) is 5.75 Å². The Morgan fingerprint density at radius 2 is 1.88 bits per heavy atom. The molecule has 178 valence electrons. The first-order valence-electron chi connectivity index (χ1n) is 11.0. The predicted octanol–water partition coefficient (Wildman–Crippen LogP) is 2.53. The van der Waals surface area contributed by atoms with Crippen LogP contribution in [0.3, 0.4) is 0 Å². The van der Waals surface area contributed by atoms with Crippen molar-refractivity contribution in [3.63, 3.8) is 0 Å². The van der Waals surface area contributed by atoms with Gasteiger partial charge < -0.3 is 14.8 Å². The van der Waals surface area contributed by atoms with Crippen LogP contribution in [0.4, 0.5) is 5.69 Å². The van der Waals surface area contributed by atoms with Gasteiger partial charge in [0.15, 0.2) is 0 Å². The smallest absolute Gasteiger partial charge is 0.240 e. The Labute approximate surface area is 199 Å². The number of benzene rings is 2. The lowest BCUT2D eigenvalue weighted by molar-refractivity contribution is -0.121. The molecule has 2 N–H and O–H groups in total. The van der Waals surface area contributed by atoms with Gasteiger partial charge in [-0.1, -0.05) is 11.6 Å². The van der Waals surface area contributed by atoms with Crippen LogP contribution < -0.4 is 14.8 Å². The van der Waals surface area contributed by atoms with Gasteiger partial charge in [-0.25, -0.2) is 13.1 Å². The van der Waals surface area contributed by atoms with E-state index in [1.807, 2.05) is 12.1 Å². The van der Waals surface area contributed by atoms with Crippen LogP contribution in [0.25, 0.3) is 0 Å². The topological polar surface area (TPSA) is 97.0 Å². The predicted molar refractivity (Wildman–Crippen MR) is 126 cm³/mol. The van der Waals surface area contributed by atoms with Gasteiger partial charge in [0.1, 0.15) is 12.4 Å². The summed E-state index contributed by atoms with van der Waals surface area (Å²) in [7, 11) is -3.60. The number of carbonyl (C=O) groups excluding carboxylic acids is 1. The number of hydrogen-bond donors (Lipinski definition) is 2. The van der Waals surface area contributed by atoms with Crippen molar-refractivity contribution in [2.75, 3.05) is 51.3 Å². The number of fused-ring (bicyclic) bond motifs is 1. The van der Waals surface area contributed by atoms with Gasteiger partial charge in [-0.2, -0.15) is 0 Å². The Morgan fingerprint density at radius 3 is 2.64 bits per heavy atom. The summed E-state index contributed by atoms with van der Waals surface area (Å²) in [6.45, 7) is 4.69. The third kappa shape index (κ3) is 6.45. The van der Waals surface area contributed by atoms with Crippen molar-refractivity contribution in [1.82, 2.24) is 9.62 Å². The molecule has 2 heterocycles. The van der Waals surface area contributed by atoms with Gasteiger partial charge in [-0.3, -0.25) is 9.69 Å². The van der Waals surface area contributed by atoms with Crippen molar-refractivity contribution in [3.05, 3.63) is 53.1 Å². The number of sulfonamides is 1. The average molecular weight is 494 g/mol. The SMILES string of the molecule is O=C(Nc1ccc(S(=O)(=O)NCCCN2CCOCC2)cc1)C1COc2ccc(Cl)cc2C1. The second-order valence-electron chi connectivity index (χ2n) is 8.18. The summed E-state index contributed by atoms with van der Waals surface area (Å²) in [5, 5.41) is 3.44. The molecule has 0 bridgehead atoms. The lowest BCUT2D eigenvalue weighted by Crippen LogP contribution is -2.38. The molecule has 33 heavy (non-hydrogen) atoms. The zero-order chi connectivity index (χ0) is 23.3. The van der Waals surface area contributed by atoms with Gasteiger partial charge in [0.25, 0.3) is 0 Å². The third-order valence-corrected chi connectivity index (χ3v) is 7.49. The van der Waals surface area contributed by atoms with E-state index in [9.17, 15) is 13.2 Å². The minimum absolute atomic E-state index is 0.163. The largest absolute Gasteiger partial charge is 0.492 e. The fraction of sp³-hybridized carbons (Fsp3) is 0.435. The molecule has 2 aromatic rings. The quantitative estimate of drug-likeness (QED) is 0.548. The Kier molecular flexibility index (Phi) is 7.87. The number of carbonyl (C=O) groups is 1. The highest BCUT2D eigenvalue weighted by Gasteiger charge is 2.26. The molecule has 0 aliphatic carbocycles. The number of amides is 1. The number of ether oxygens (including phenoxy) is 2. The molecular weight excluding hydrogens is 466 g/mol. The van der Waals surface area contributed by atoms with Crippen molar-refractivity contribution in [2.45, 2.75) is 17.7 Å². The van der Waals surface area contributed by atoms with Crippen LogP contribution in [0.15, 0.2) is 47.4 Å². The summed E-state index contributed by atoms with van der Waals surface area (Å²) in [4.78, 5) is 15.1. The number of rotatable bonds is 8. The first kappa shape index (κ1) is 24.0. The maximum absolute atomic E-state index is 12.7. The van der Waals surface area contributed by atoms with Crippen molar-refractivity contribution < 1.29 is 22.7 Å². The summed E-state index contributed by atoms with van der Waals surface area (Å²) in [6, 6.07) is 11.5. The maximum Gasteiger partial charge on any atom is 0.240 e. The standard InChI is InChI=1S/C23H28ClN3O5S/c24-19-2-7-22-17(15-19)14-18(16-32-22)23(28)26-20-3-5-21(6-4-20)33(29,30)25-8-1-9-27-10-12-31-13-11-27/h2-7,15,18,25H,1,8-14,16H2,(H,26,28). The van der Waals surface area contributed by atoms with Crippen LogP contribution in [0.1, 0.15) is 12.0 Å². The van der Waals surface area contributed by atoms with E-state index in [-0.39, 0.29) is 23.3 Å². The van der Waals surface area contributed by atoms with E-state index in [2.05, 4.69) is 14.9 Å². The molecule has 1 fully saturated rings. The Hall–Kier alpha value is -2.17. The lowest BCUT2D eigenvalue weighted by atomic mass is 9.96. The first-order chi connectivity index (χ1) is 15.9. The van der Waals surface area contributed by atoms with E-state index in [0.717, 1.165) is 50.6 Å². The number of nitrogens with zero attached hydrogens (tertiary/aromatic N) is 1. The van der Waals surface area contributed by atoms with Gasteiger partial charge in [0, 0.05) is 30.3 Å². The van der Waals surface area contributed by atoms with Crippen LogP contribution in [-0.2, 0) is 26.0 Å². The molecule has 1 unspecified atom stereocenters. The molecule has 2 aromatic carbocycles. The molecule has 0 spiro atoms. The Bertz CT molecular complexity index is 1070. The van der Waals surface area contributed by atoms with Gasteiger partial charge in [0.05, 0.1) is 24.0 Å². The highest BCUT2D eigenvalue weighted by atomic mass is 35.5. The Balaban J connectivity index is 1.27. The molecule has 8 nitrogen and oxygen atoms in total. The van der Waals surface area contributed by atoms with Crippen LogP contribution in [-0.4, -0.2) is 65.2 Å². The van der Waals surface area contributed by atoms with Crippen molar-refractivity contribution in [2.24, 2.45) is 5.92 Å². The zero-order valence-corrected chi connectivity index (χ0v) is 19.8. The van der Waals surface area contributed by atoms with Gasteiger partial charge in [0.2, 0.25) is 15.9 Å². The number of anilines is 1. The molecule has 0 aromatic heterocycles. The summed E-state index contributed by atoms with van der Waals surface area (Å²) >= 11 is 6.04. The van der Waals surface area contributed by atoms with E-state index >= 15 is 0 Å². The fourth-order valence-corrected chi connectivity index (χ4v) is 5.18. The molecule has 2 aliphatic rings. The van der Waals surface area contributed by atoms with E-state index in [1.54, 1.807) is 18.2 Å². The molecule has 2 aliphatic heterocycles. The number of hydrogen-bond acceptors (Lipinski definition) is 6. The summed E-state index contributed by atoms with van der Waals surface area (Å²) in [6.07, 6.45) is 1.26. The molecule has 0 saturated carbocycles. The molecule has 1 atom stereocenters. The van der Waals surface area contributed by atoms with Crippen LogP contribution in [0.2, 0.25) is 5.02 Å². The fourth-order valence-electron chi connectivity index (χ4n) is 3.91. The van der Waals surface area contributed by atoms with E-state index in [0.29, 0.717) is 23.7 Å². The summed E-state index contributed by atoms with van der Waals surface area (Å²) in [5.74, 6) is 0.209. The van der Waals surface area contributed by atoms with Crippen molar-refractivity contribution in [1.29, 1.82) is 0 Å². The number of nitrogens with one attached hydrogen (secondary N) is 2. The molecular formula is C23H28ClN3O5S. The summed E-state index contributed by atoms with van der Waals surface area (Å²) in [5.41, 5.74) is 1.43. The second-order valence-corrected chi connectivity index (χ2v) is 10.4. The van der Waals surface area contributed by atoms with E-state index in [4.69, 9.17) is 21.1 Å². The van der Waals surface area contributed by atoms with E-state index < -0.39 is 10.0 Å². The minimum Gasteiger partial charge on any atom is -0.492 e. The average Bonchev–Trinajstić information content (AvgIpc) is 2.82. The van der Waals surface area contributed by atoms with Crippen LogP contribution >= 0.6 is 11.6 Å². The highest BCUT2D eigenvalue weighted by Crippen LogP contribution is 2.30. The normalized spacial score (nSPS) is 18.9. The highest BCUT2D eigenvalue weighted by molar-refractivity contribution is 7.89. The molecule has 10 heteroatoms. The second kappa shape index (κ2) is 10.8. The van der Waals surface area contributed by atoms with Gasteiger partial charge >= 0.3 is 0 Å². The van der Waals surface area contributed by atoms with Gasteiger partial charge in [-0.05, 0) is 67.4 Å². The summed E-state index contributed by atoms with van der Waals surface area (Å²) < 4.78 is 38.7. The number of morpholine rings is 1. The van der Waals surface area contributed by atoms with Crippen LogP contribution in [0, 0.1) is 5.92 Å². The molecule has 1 amide bonds. The van der Waals surface area contributed by atoms with Crippen LogP contribution in [0.5, 0.6) is 5.75 Å². The molecule has 4 rings (SSSR count). The minimum atomic E-state index is -3.60. The number of halogens is 1.